The van der Waals surface area contributed by atoms with Crippen LogP contribution in [-0.2, 0) is 13.1 Å². The minimum Gasteiger partial charge on any atom is -0.399 e. The molecule has 0 bridgehead atoms. The molecule has 0 radical (unpaired) electrons. The predicted molar refractivity (Wildman–Crippen MR) is 71.4 cm³/mol. The molecular weight excluding hydrogens is 230 g/mol. The quantitative estimate of drug-likeness (QED) is 0.613. The molecule has 1 heterocycles. The van der Waals surface area contributed by atoms with Crippen LogP contribution in [0, 0.1) is 12.3 Å². The third-order valence-electron chi connectivity index (χ3n) is 2.81. The van der Waals surface area contributed by atoms with Crippen LogP contribution in [0.25, 0.3) is 10.9 Å². The molecule has 18 heavy (non-hydrogen) atoms. The van der Waals surface area contributed by atoms with Crippen LogP contribution in [0.15, 0.2) is 27.8 Å². The highest BCUT2D eigenvalue weighted by Crippen LogP contribution is 2.12. The lowest BCUT2D eigenvalue weighted by atomic mass is 10.2. The van der Waals surface area contributed by atoms with Crippen molar-refractivity contribution in [1.82, 2.24) is 9.13 Å². The van der Waals surface area contributed by atoms with Crippen LogP contribution in [0.2, 0.25) is 0 Å². The van der Waals surface area contributed by atoms with Crippen molar-refractivity contribution in [2.24, 2.45) is 0 Å². The van der Waals surface area contributed by atoms with E-state index in [1.54, 1.807) is 18.2 Å². The number of hydrogen-bond acceptors (Lipinski definition) is 3. The van der Waals surface area contributed by atoms with Gasteiger partial charge in [-0.3, -0.25) is 9.36 Å². The monoisotopic (exact) mass is 243 g/mol. The van der Waals surface area contributed by atoms with E-state index in [9.17, 15) is 9.59 Å². The molecule has 1 aromatic carbocycles. The lowest BCUT2D eigenvalue weighted by molar-refractivity contribution is 0.636. The maximum absolute atomic E-state index is 12.2. The number of anilines is 1. The molecular formula is C13H13N3O2. The fraction of sp³-hybridized carbons (Fsp3) is 0.231. The Morgan fingerprint density at radius 3 is 2.67 bits per heavy atom. The summed E-state index contributed by atoms with van der Waals surface area (Å²) in [7, 11) is 0. The molecule has 0 atom stereocenters. The first-order valence-electron chi connectivity index (χ1n) is 5.56. The van der Waals surface area contributed by atoms with E-state index in [0.717, 1.165) is 4.57 Å². The maximum atomic E-state index is 12.2. The predicted octanol–water partition coefficient (Wildman–Crippen LogP) is 0.399. The summed E-state index contributed by atoms with van der Waals surface area (Å²) in [5.74, 6) is 2.31. The molecule has 0 aliphatic heterocycles. The standard InChI is InChI=1S/C13H13N3O2/c1-3-7-16-12(17)10-8-9(14)5-6-11(10)15(4-2)13(16)18/h1,5-6,8H,4,7,14H2,2H3. The first-order valence-corrected chi connectivity index (χ1v) is 5.56. The van der Waals surface area contributed by atoms with Crippen molar-refractivity contribution in [1.29, 1.82) is 0 Å². The minimum absolute atomic E-state index is 0.0393. The molecule has 0 fully saturated rings. The van der Waals surface area contributed by atoms with Crippen molar-refractivity contribution < 1.29 is 0 Å². The van der Waals surface area contributed by atoms with Gasteiger partial charge in [0.1, 0.15) is 0 Å². The molecule has 0 amide bonds. The number of hydrogen-bond donors (Lipinski definition) is 1. The van der Waals surface area contributed by atoms with Gasteiger partial charge in [0.25, 0.3) is 5.56 Å². The largest absolute Gasteiger partial charge is 0.399 e. The second-order valence-corrected chi connectivity index (χ2v) is 3.90. The Hall–Kier alpha value is -2.48. The second kappa shape index (κ2) is 4.41. The van der Waals surface area contributed by atoms with Gasteiger partial charge in [0.05, 0.1) is 17.4 Å². The average Bonchev–Trinajstić information content (AvgIpc) is 2.36. The highest BCUT2D eigenvalue weighted by atomic mass is 16.2. The molecule has 0 unspecified atom stereocenters. The zero-order valence-corrected chi connectivity index (χ0v) is 10.0. The van der Waals surface area contributed by atoms with Crippen molar-refractivity contribution in [3.63, 3.8) is 0 Å². The fourth-order valence-electron chi connectivity index (χ4n) is 1.98. The van der Waals surface area contributed by atoms with Gasteiger partial charge in [-0.1, -0.05) is 5.92 Å². The summed E-state index contributed by atoms with van der Waals surface area (Å²) in [5.41, 5.74) is 5.94. The van der Waals surface area contributed by atoms with Crippen LogP contribution < -0.4 is 17.0 Å². The van der Waals surface area contributed by atoms with Gasteiger partial charge in [0.2, 0.25) is 0 Å². The Bertz CT molecular complexity index is 763. The second-order valence-electron chi connectivity index (χ2n) is 3.90. The molecule has 2 rings (SSSR count). The van der Waals surface area contributed by atoms with E-state index in [-0.39, 0.29) is 6.54 Å². The highest BCUT2D eigenvalue weighted by molar-refractivity contribution is 5.81. The smallest absolute Gasteiger partial charge is 0.332 e. The van der Waals surface area contributed by atoms with E-state index in [4.69, 9.17) is 12.2 Å². The summed E-state index contributed by atoms with van der Waals surface area (Å²) in [6.45, 7) is 2.26. The third-order valence-corrected chi connectivity index (χ3v) is 2.81. The molecule has 1 aromatic heterocycles. The fourth-order valence-corrected chi connectivity index (χ4v) is 1.98. The number of nitrogens with two attached hydrogens (primary N) is 1. The summed E-state index contributed by atoms with van der Waals surface area (Å²) >= 11 is 0. The number of terminal acetylenes is 1. The van der Waals surface area contributed by atoms with Crippen LogP contribution in [0.4, 0.5) is 5.69 Å². The van der Waals surface area contributed by atoms with Crippen LogP contribution in [0.1, 0.15) is 6.92 Å². The molecule has 0 spiro atoms. The van der Waals surface area contributed by atoms with E-state index >= 15 is 0 Å². The van der Waals surface area contributed by atoms with Crippen molar-refractivity contribution in [3.8, 4) is 12.3 Å². The van der Waals surface area contributed by atoms with Gasteiger partial charge in [-0.05, 0) is 25.1 Å². The van der Waals surface area contributed by atoms with E-state index in [1.165, 1.54) is 4.57 Å². The van der Waals surface area contributed by atoms with Crippen LogP contribution in [0.3, 0.4) is 0 Å². The van der Waals surface area contributed by atoms with Gasteiger partial charge >= 0.3 is 5.69 Å². The average molecular weight is 243 g/mol. The normalized spacial score (nSPS) is 10.4. The molecule has 0 saturated carbocycles. The topological polar surface area (TPSA) is 70.0 Å². The Balaban J connectivity index is 3.02. The summed E-state index contributed by atoms with van der Waals surface area (Å²) in [4.78, 5) is 24.3. The van der Waals surface area contributed by atoms with Gasteiger partial charge in [-0.25, -0.2) is 9.36 Å². The van der Waals surface area contributed by atoms with Crippen LogP contribution in [-0.4, -0.2) is 9.13 Å². The number of fused-ring (bicyclic) bond motifs is 1. The Morgan fingerprint density at radius 2 is 2.06 bits per heavy atom. The molecule has 92 valence electrons. The minimum atomic E-state index is -0.398. The molecule has 2 aromatic rings. The molecule has 2 N–H and O–H groups in total. The summed E-state index contributed by atoms with van der Waals surface area (Å²) in [6.07, 6.45) is 5.18. The van der Waals surface area contributed by atoms with Gasteiger partial charge in [0.15, 0.2) is 0 Å². The molecule has 0 aliphatic rings. The van der Waals surface area contributed by atoms with Gasteiger partial charge < -0.3 is 5.73 Å². The number of benzene rings is 1. The van der Waals surface area contributed by atoms with Gasteiger partial charge in [-0.2, -0.15) is 0 Å². The number of aryl methyl sites for hydroxylation is 1. The van der Waals surface area contributed by atoms with E-state index in [2.05, 4.69) is 5.92 Å². The Morgan fingerprint density at radius 1 is 1.33 bits per heavy atom. The van der Waals surface area contributed by atoms with Crippen molar-refractivity contribution >= 4 is 16.6 Å². The van der Waals surface area contributed by atoms with E-state index in [1.807, 2.05) is 6.92 Å². The van der Waals surface area contributed by atoms with E-state index < -0.39 is 11.2 Å². The first-order chi connectivity index (χ1) is 8.60. The third kappa shape index (κ3) is 1.68. The Labute approximate surface area is 103 Å². The van der Waals surface area contributed by atoms with Crippen LogP contribution >= 0.6 is 0 Å². The highest BCUT2D eigenvalue weighted by Gasteiger charge is 2.11. The summed E-state index contributed by atoms with van der Waals surface area (Å²) < 4.78 is 2.55. The van der Waals surface area contributed by atoms with Crippen molar-refractivity contribution in [3.05, 3.63) is 39.0 Å². The number of aromatic nitrogens is 2. The number of rotatable bonds is 2. The molecule has 5 heteroatoms. The first kappa shape index (κ1) is 12.0. The van der Waals surface area contributed by atoms with E-state index in [0.29, 0.717) is 23.1 Å². The Kier molecular flexibility index (Phi) is 2.94. The number of nitrogens with zero attached hydrogens (tertiary/aromatic N) is 2. The lowest BCUT2D eigenvalue weighted by Gasteiger charge is -2.11. The number of nitrogen functional groups attached to an aromatic ring is 1. The zero-order chi connectivity index (χ0) is 13.3. The zero-order valence-electron chi connectivity index (χ0n) is 10.0. The van der Waals surface area contributed by atoms with Crippen LogP contribution in [0.5, 0.6) is 0 Å². The lowest BCUT2D eigenvalue weighted by Crippen LogP contribution is -2.39. The van der Waals surface area contributed by atoms with Crippen molar-refractivity contribution in [2.45, 2.75) is 20.0 Å². The maximum Gasteiger partial charge on any atom is 0.332 e. The van der Waals surface area contributed by atoms with Crippen molar-refractivity contribution in [2.75, 3.05) is 5.73 Å². The van der Waals surface area contributed by atoms with Gasteiger partial charge in [-0.15, -0.1) is 6.42 Å². The molecule has 0 aliphatic carbocycles. The molecule has 5 nitrogen and oxygen atoms in total. The van der Waals surface area contributed by atoms with Gasteiger partial charge in [0, 0.05) is 12.2 Å². The SMILES string of the molecule is C#CCn1c(=O)c2cc(N)ccc2n(CC)c1=O. The summed E-state index contributed by atoms with van der Waals surface area (Å²) in [6, 6.07) is 4.91. The summed E-state index contributed by atoms with van der Waals surface area (Å²) in [5, 5.41) is 0.409. The molecule has 0 saturated heterocycles.